The van der Waals surface area contributed by atoms with Crippen LogP contribution >= 0.6 is 0 Å². The number of benzene rings is 1. The van der Waals surface area contributed by atoms with Gasteiger partial charge in [0.25, 0.3) is 0 Å². The van der Waals surface area contributed by atoms with Crippen LogP contribution in [0.1, 0.15) is 33.6 Å². The number of amides is 1. The van der Waals surface area contributed by atoms with Crippen LogP contribution in [0.4, 0.5) is 0 Å². The minimum atomic E-state index is -3.66. The Hall–Kier alpha value is -1.88. The van der Waals surface area contributed by atoms with Crippen LogP contribution in [0.25, 0.3) is 0 Å². The first-order chi connectivity index (χ1) is 16.1. The van der Waals surface area contributed by atoms with Gasteiger partial charge in [0, 0.05) is 57.3 Å². The molecule has 0 aliphatic carbocycles. The first-order valence-electron chi connectivity index (χ1n) is 12.3. The number of carbonyl (C=O) groups excluding carboxylic acids is 1. The van der Waals surface area contributed by atoms with Gasteiger partial charge in [-0.1, -0.05) is 0 Å². The molecule has 1 aromatic rings. The summed E-state index contributed by atoms with van der Waals surface area (Å²) in [5.41, 5.74) is 0.137. The molecule has 0 atom stereocenters. The summed E-state index contributed by atoms with van der Waals surface area (Å²) in [5.74, 6) is 1.12. The number of fused-ring (bicyclic) bond motifs is 1. The topological polar surface area (TPSA) is 82.6 Å². The maximum atomic E-state index is 13.2. The van der Waals surface area contributed by atoms with Crippen LogP contribution in [-0.4, -0.2) is 111 Å². The predicted octanol–water partition coefficient (Wildman–Crippen LogP) is 1.49. The largest absolute Gasteiger partial charge is 0.490 e. The number of rotatable bonds is 4. The summed E-state index contributed by atoms with van der Waals surface area (Å²) >= 11 is 0. The van der Waals surface area contributed by atoms with Crippen LogP contribution in [0, 0.1) is 0 Å². The molecule has 0 unspecified atom stereocenters. The minimum absolute atomic E-state index is 0.0804. The van der Waals surface area contributed by atoms with Crippen LogP contribution in [-0.2, 0) is 14.8 Å². The summed E-state index contributed by atoms with van der Waals surface area (Å²) in [5, 5.41) is 0. The van der Waals surface area contributed by atoms with Gasteiger partial charge < -0.3 is 14.4 Å². The van der Waals surface area contributed by atoms with Gasteiger partial charge in [0.2, 0.25) is 15.9 Å². The van der Waals surface area contributed by atoms with E-state index in [-0.39, 0.29) is 16.3 Å². The Morgan fingerprint density at radius 3 is 2.29 bits per heavy atom. The van der Waals surface area contributed by atoms with Gasteiger partial charge in [-0.15, -0.1) is 0 Å². The average Bonchev–Trinajstić information content (AvgIpc) is 3.19. The van der Waals surface area contributed by atoms with Gasteiger partial charge in [-0.3, -0.25) is 14.6 Å². The van der Waals surface area contributed by atoms with Crippen molar-refractivity contribution in [2.24, 2.45) is 0 Å². The summed E-state index contributed by atoms with van der Waals surface area (Å²) in [7, 11) is -3.66. The Morgan fingerprint density at radius 2 is 1.59 bits per heavy atom. The van der Waals surface area contributed by atoms with E-state index in [0.717, 1.165) is 39.0 Å². The van der Waals surface area contributed by atoms with E-state index in [9.17, 15) is 13.2 Å². The monoisotopic (exact) mass is 494 g/mol. The second-order valence-corrected chi connectivity index (χ2v) is 12.2. The lowest BCUT2D eigenvalue weighted by atomic mass is 10.1. The zero-order chi connectivity index (χ0) is 24.3. The number of piperazine rings is 1. The molecule has 0 saturated carbocycles. The van der Waals surface area contributed by atoms with E-state index in [2.05, 4.69) is 30.6 Å². The first-order valence-corrected chi connectivity index (χ1v) is 13.7. The van der Waals surface area contributed by atoms with Crippen molar-refractivity contribution in [3.63, 3.8) is 0 Å². The summed E-state index contributed by atoms with van der Waals surface area (Å²) in [6.45, 7) is 13.3. The molecule has 1 amide bonds. The molecule has 4 rings (SSSR count). The highest BCUT2D eigenvalue weighted by Gasteiger charge is 2.32. The maximum absolute atomic E-state index is 13.2. The molecule has 1 aromatic carbocycles. The van der Waals surface area contributed by atoms with Gasteiger partial charge in [0.15, 0.2) is 11.5 Å². The molecule has 3 aliphatic heterocycles. The van der Waals surface area contributed by atoms with E-state index >= 15 is 0 Å². The Labute approximate surface area is 203 Å². The third kappa shape index (κ3) is 5.84. The highest BCUT2D eigenvalue weighted by atomic mass is 32.2. The molecule has 0 N–H and O–H groups in total. The van der Waals surface area contributed by atoms with E-state index in [1.165, 1.54) is 4.31 Å². The fourth-order valence-electron chi connectivity index (χ4n) is 4.72. The van der Waals surface area contributed by atoms with Crippen molar-refractivity contribution in [2.45, 2.75) is 44.0 Å². The van der Waals surface area contributed by atoms with Crippen molar-refractivity contribution in [1.29, 1.82) is 0 Å². The van der Waals surface area contributed by atoms with Crippen LogP contribution in [0.2, 0.25) is 0 Å². The van der Waals surface area contributed by atoms with Crippen LogP contribution < -0.4 is 9.47 Å². The number of hydrogen-bond donors (Lipinski definition) is 0. The molecule has 190 valence electrons. The number of hydrogen-bond acceptors (Lipinski definition) is 7. The highest BCUT2D eigenvalue weighted by molar-refractivity contribution is 7.89. The van der Waals surface area contributed by atoms with E-state index in [0.29, 0.717) is 57.4 Å². The molecule has 2 saturated heterocycles. The second kappa shape index (κ2) is 10.4. The molecule has 0 radical (unpaired) electrons. The smallest absolute Gasteiger partial charge is 0.243 e. The van der Waals surface area contributed by atoms with Crippen molar-refractivity contribution < 1.29 is 22.7 Å². The molecule has 9 nitrogen and oxygen atoms in total. The lowest BCUT2D eigenvalue weighted by Crippen LogP contribution is -2.52. The molecule has 10 heteroatoms. The number of ether oxygens (including phenoxy) is 2. The summed E-state index contributed by atoms with van der Waals surface area (Å²) in [6, 6.07) is 4.78. The molecule has 2 fully saturated rings. The maximum Gasteiger partial charge on any atom is 0.243 e. The van der Waals surface area contributed by atoms with E-state index in [1.807, 2.05) is 0 Å². The van der Waals surface area contributed by atoms with Gasteiger partial charge in [-0.2, -0.15) is 4.31 Å². The molecule has 0 aromatic heterocycles. The standard InChI is InChI=1S/C24H38N4O5S/c1-24(2,3)27-9-4-8-25(10-13-27)19-23(29)26-11-14-28(15-12-26)34(30,31)20-6-7-21-22(18-20)33-17-5-16-32-21/h6-7,18H,4-5,8-17,19H2,1-3H3. The van der Waals surface area contributed by atoms with Gasteiger partial charge >= 0.3 is 0 Å². The number of nitrogens with zero attached hydrogens (tertiary/aromatic N) is 4. The highest BCUT2D eigenvalue weighted by Crippen LogP contribution is 2.33. The van der Waals surface area contributed by atoms with E-state index in [1.54, 1.807) is 23.1 Å². The van der Waals surface area contributed by atoms with Gasteiger partial charge in [0.05, 0.1) is 24.7 Å². The van der Waals surface area contributed by atoms with Crippen molar-refractivity contribution >= 4 is 15.9 Å². The molecular weight excluding hydrogens is 456 g/mol. The SMILES string of the molecule is CC(C)(C)N1CCCN(CC(=O)N2CCN(S(=O)(=O)c3ccc4c(c3)OCCCO4)CC2)CC1. The first kappa shape index (κ1) is 25.2. The molecule has 0 bridgehead atoms. The average molecular weight is 495 g/mol. The van der Waals surface area contributed by atoms with Gasteiger partial charge in [0.1, 0.15) is 0 Å². The van der Waals surface area contributed by atoms with Gasteiger partial charge in [-0.05, 0) is 52.4 Å². The molecule has 0 spiro atoms. The predicted molar refractivity (Wildman–Crippen MR) is 130 cm³/mol. The lowest BCUT2D eigenvalue weighted by molar-refractivity contribution is -0.133. The van der Waals surface area contributed by atoms with Crippen LogP contribution in [0.15, 0.2) is 23.1 Å². The Bertz CT molecular complexity index is 970. The van der Waals surface area contributed by atoms with E-state index < -0.39 is 10.0 Å². The molecule has 34 heavy (non-hydrogen) atoms. The molecule has 3 heterocycles. The summed E-state index contributed by atoms with van der Waals surface area (Å²) in [6.07, 6.45) is 1.81. The fourth-order valence-corrected chi connectivity index (χ4v) is 6.16. The molecule has 3 aliphatic rings. The van der Waals surface area contributed by atoms with E-state index in [4.69, 9.17) is 9.47 Å². The lowest BCUT2D eigenvalue weighted by Gasteiger charge is -2.35. The quantitative estimate of drug-likeness (QED) is 0.627. The van der Waals surface area contributed by atoms with Crippen molar-refractivity contribution in [1.82, 2.24) is 19.0 Å². The van der Waals surface area contributed by atoms with Gasteiger partial charge in [-0.25, -0.2) is 8.42 Å². The van der Waals surface area contributed by atoms with Crippen molar-refractivity contribution in [3.05, 3.63) is 18.2 Å². The van der Waals surface area contributed by atoms with Crippen LogP contribution in [0.3, 0.4) is 0 Å². The Kier molecular flexibility index (Phi) is 7.71. The third-order valence-electron chi connectivity index (χ3n) is 6.84. The van der Waals surface area contributed by atoms with Crippen LogP contribution in [0.5, 0.6) is 11.5 Å². The Balaban J connectivity index is 1.31. The zero-order valence-electron chi connectivity index (χ0n) is 20.7. The van der Waals surface area contributed by atoms with Crippen molar-refractivity contribution in [2.75, 3.05) is 72.1 Å². The third-order valence-corrected chi connectivity index (χ3v) is 8.74. The molecular formula is C24H38N4O5S. The summed E-state index contributed by atoms with van der Waals surface area (Å²) in [4.78, 5) is 19.6. The minimum Gasteiger partial charge on any atom is -0.490 e. The van der Waals surface area contributed by atoms with Crippen molar-refractivity contribution in [3.8, 4) is 11.5 Å². The fraction of sp³-hybridized carbons (Fsp3) is 0.708. The second-order valence-electron chi connectivity index (χ2n) is 10.2. The zero-order valence-corrected chi connectivity index (χ0v) is 21.5. The number of sulfonamides is 1. The summed E-state index contributed by atoms with van der Waals surface area (Å²) < 4.78 is 39.2. The number of carbonyl (C=O) groups is 1. The Morgan fingerprint density at radius 1 is 0.882 bits per heavy atom. The normalized spacial score (nSPS) is 21.7.